The Balaban J connectivity index is 3.11. The fourth-order valence-electron chi connectivity index (χ4n) is 1.83. The summed E-state index contributed by atoms with van der Waals surface area (Å²) in [5, 5.41) is 23.4. The first-order valence-corrected chi connectivity index (χ1v) is 6.93. The monoisotopic (exact) mass is 320 g/mol. The van der Waals surface area contributed by atoms with E-state index in [2.05, 4.69) is 5.32 Å². The van der Waals surface area contributed by atoms with Crippen molar-refractivity contribution >= 4 is 34.6 Å². The average molecular weight is 321 g/mol. The third-order valence-corrected chi connectivity index (χ3v) is 3.62. The van der Waals surface area contributed by atoms with Crippen molar-refractivity contribution in [2.24, 2.45) is 5.41 Å². The molecule has 0 aliphatic rings. The van der Waals surface area contributed by atoms with E-state index in [1.165, 1.54) is 12.1 Å². The van der Waals surface area contributed by atoms with Crippen LogP contribution in [0, 0.1) is 15.5 Å². The summed E-state index contributed by atoms with van der Waals surface area (Å²) in [7, 11) is 0. The number of aliphatic hydroxyl groups is 1. The van der Waals surface area contributed by atoms with Gasteiger partial charge in [-0.2, -0.15) is 0 Å². The van der Waals surface area contributed by atoms with Crippen LogP contribution in [0.15, 0.2) is 12.1 Å². The van der Waals surface area contributed by atoms with Crippen molar-refractivity contribution in [1.29, 1.82) is 0 Å². The molecule has 20 heavy (non-hydrogen) atoms. The van der Waals surface area contributed by atoms with Crippen molar-refractivity contribution in [2.45, 2.75) is 33.2 Å². The molecular weight excluding hydrogens is 303 g/mol. The van der Waals surface area contributed by atoms with Crippen molar-refractivity contribution in [2.75, 3.05) is 11.9 Å². The number of hydrogen-bond acceptors (Lipinski definition) is 4. The quantitative estimate of drug-likeness (QED) is 0.632. The normalized spacial score (nSPS) is 13.1. The number of nitro groups is 1. The third-order valence-electron chi connectivity index (χ3n) is 3.02. The number of nitro benzene ring substituents is 1. The second-order valence-electron chi connectivity index (χ2n) is 5.62. The van der Waals surface area contributed by atoms with Crippen LogP contribution in [0.4, 0.5) is 11.4 Å². The first-order valence-electron chi connectivity index (χ1n) is 6.17. The smallest absolute Gasteiger partial charge is 0.272 e. The van der Waals surface area contributed by atoms with Crippen LogP contribution in [-0.4, -0.2) is 22.7 Å². The van der Waals surface area contributed by atoms with Gasteiger partial charge in [-0.15, -0.1) is 0 Å². The Morgan fingerprint density at radius 3 is 2.20 bits per heavy atom. The van der Waals surface area contributed by atoms with Gasteiger partial charge in [0.2, 0.25) is 0 Å². The molecule has 1 aromatic carbocycles. The molecule has 0 saturated heterocycles. The lowest BCUT2D eigenvalue weighted by molar-refractivity contribution is -0.384. The van der Waals surface area contributed by atoms with E-state index in [1.54, 1.807) is 0 Å². The predicted molar refractivity (Wildman–Crippen MR) is 81.7 cm³/mol. The lowest BCUT2D eigenvalue weighted by atomic mass is 9.85. The molecule has 0 bridgehead atoms. The number of hydrogen-bond donors (Lipinski definition) is 2. The molecule has 0 heterocycles. The summed E-state index contributed by atoms with van der Waals surface area (Å²) in [5.41, 5.74) is 0.171. The zero-order valence-electron chi connectivity index (χ0n) is 11.6. The number of nitrogens with zero attached hydrogens (tertiary/aromatic N) is 1. The lowest BCUT2D eigenvalue weighted by Gasteiger charge is -2.32. The number of nitrogens with one attached hydrogen (secondary N) is 1. The van der Waals surface area contributed by atoms with E-state index in [0.717, 1.165) is 0 Å². The molecule has 1 unspecified atom stereocenters. The van der Waals surface area contributed by atoms with Crippen LogP contribution < -0.4 is 5.32 Å². The van der Waals surface area contributed by atoms with E-state index < -0.39 is 4.92 Å². The Labute approximate surface area is 128 Å². The zero-order chi connectivity index (χ0) is 15.5. The van der Waals surface area contributed by atoms with Gasteiger partial charge >= 0.3 is 0 Å². The molecule has 112 valence electrons. The summed E-state index contributed by atoms with van der Waals surface area (Å²) in [6.45, 7) is 6.09. The van der Waals surface area contributed by atoms with E-state index in [-0.39, 0.29) is 33.8 Å². The summed E-state index contributed by atoms with van der Waals surface area (Å²) in [6, 6.07) is 2.45. The van der Waals surface area contributed by atoms with Gasteiger partial charge < -0.3 is 10.4 Å². The Kier molecular flexibility index (Phi) is 5.62. The molecule has 1 atom stereocenters. The summed E-state index contributed by atoms with van der Waals surface area (Å²) < 4.78 is 0. The molecule has 5 nitrogen and oxygen atoms in total. The zero-order valence-corrected chi connectivity index (χ0v) is 13.1. The molecule has 7 heteroatoms. The van der Waals surface area contributed by atoms with Crippen LogP contribution in [0.2, 0.25) is 10.0 Å². The van der Waals surface area contributed by atoms with Gasteiger partial charge in [0.1, 0.15) is 0 Å². The van der Waals surface area contributed by atoms with E-state index in [9.17, 15) is 10.1 Å². The molecule has 1 rings (SSSR count). The summed E-state index contributed by atoms with van der Waals surface area (Å²) in [6.07, 6.45) is 0.521. The number of anilines is 1. The van der Waals surface area contributed by atoms with Crippen LogP contribution in [0.25, 0.3) is 0 Å². The SMILES string of the molecule is CC(C)(C)C(CCO)Nc1c(Cl)cc([N+](=O)[O-])cc1Cl. The number of halogens is 2. The summed E-state index contributed by atoms with van der Waals surface area (Å²) in [4.78, 5) is 10.2. The first-order chi connectivity index (χ1) is 9.16. The van der Waals surface area contributed by atoms with Gasteiger partial charge in [0.15, 0.2) is 0 Å². The maximum Gasteiger partial charge on any atom is 0.272 e. The molecule has 0 radical (unpaired) electrons. The number of benzene rings is 1. The maximum absolute atomic E-state index is 10.7. The summed E-state index contributed by atoms with van der Waals surface area (Å²) >= 11 is 12.1. The molecule has 1 aromatic rings. The molecule has 0 aliphatic heterocycles. The minimum Gasteiger partial charge on any atom is -0.396 e. The van der Waals surface area contributed by atoms with E-state index in [4.69, 9.17) is 28.3 Å². The van der Waals surface area contributed by atoms with Gasteiger partial charge in [0, 0.05) is 24.8 Å². The van der Waals surface area contributed by atoms with E-state index >= 15 is 0 Å². The molecule has 0 fully saturated rings. The molecular formula is C13H18Cl2N2O3. The largest absolute Gasteiger partial charge is 0.396 e. The van der Waals surface area contributed by atoms with Gasteiger partial charge in [-0.3, -0.25) is 10.1 Å². The van der Waals surface area contributed by atoms with Crippen molar-refractivity contribution < 1.29 is 10.0 Å². The Hall–Kier alpha value is -1.04. The van der Waals surface area contributed by atoms with Gasteiger partial charge in [-0.1, -0.05) is 44.0 Å². The van der Waals surface area contributed by atoms with Gasteiger partial charge in [-0.05, 0) is 11.8 Å². The Bertz CT molecular complexity index is 478. The second-order valence-corrected chi connectivity index (χ2v) is 6.43. The number of aliphatic hydroxyl groups excluding tert-OH is 1. The fourth-order valence-corrected chi connectivity index (χ4v) is 2.41. The molecule has 0 aromatic heterocycles. The van der Waals surface area contributed by atoms with Crippen molar-refractivity contribution in [3.8, 4) is 0 Å². The highest BCUT2D eigenvalue weighted by Gasteiger charge is 2.26. The van der Waals surface area contributed by atoms with E-state index in [0.29, 0.717) is 12.1 Å². The van der Waals surface area contributed by atoms with Crippen LogP contribution >= 0.6 is 23.2 Å². The predicted octanol–water partition coefficient (Wildman–Crippen LogP) is 4.11. The third kappa shape index (κ3) is 4.23. The van der Waals surface area contributed by atoms with Gasteiger partial charge in [0.05, 0.1) is 20.7 Å². The minimum atomic E-state index is -0.545. The molecule has 0 spiro atoms. The highest BCUT2D eigenvalue weighted by molar-refractivity contribution is 6.39. The van der Waals surface area contributed by atoms with Crippen LogP contribution in [-0.2, 0) is 0 Å². The van der Waals surface area contributed by atoms with Crippen LogP contribution in [0.1, 0.15) is 27.2 Å². The van der Waals surface area contributed by atoms with Gasteiger partial charge in [0.25, 0.3) is 5.69 Å². The maximum atomic E-state index is 10.7. The van der Waals surface area contributed by atoms with Crippen LogP contribution in [0.5, 0.6) is 0 Å². The summed E-state index contributed by atoms with van der Waals surface area (Å²) in [5.74, 6) is 0. The van der Waals surface area contributed by atoms with E-state index in [1.807, 2.05) is 20.8 Å². The highest BCUT2D eigenvalue weighted by atomic mass is 35.5. The first kappa shape index (κ1) is 17.0. The number of rotatable bonds is 5. The van der Waals surface area contributed by atoms with Crippen LogP contribution in [0.3, 0.4) is 0 Å². The highest BCUT2D eigenvalue weighted by Crippen LogP contribution is 2.37. The van der Waals surface area contributed by atoms with Crippen molar-refractivity contribution in [1.82, 2.24) is 0 Å². The number of non-ortho nitro benzene ring substituents is 1. The molecule has 0 saturated carbocycles. The van der Waals surface area contributed by atoms with Crippen molar-refractivity contribution in [3.05, 3.63) is 32.3 Å². The topological polar surface area (TPSA) is 75.4 Å². The van der Waals surface area contributed by atoms with Gasteiger partial charge in [-0.25, -0.2) is 0 Å². The lowest BCUT2D eigenvalue weighted by Crippen LogP contribution is -2.35. The standard InChI is InChI=1S/C13H18Cl2N2O3/c1-13(2,3)11(4-5-18)16-12-9(14)6-8(17(19)20)7-10(12)15/h6-7,11,16,18H,4-5H2,1-3H3. The fraction of sp³-hybridized carbons (Fsp3) is 0.538. The minimum absolute atomic E-state index is 0.0250. The molecule has 0 amide bonds. The second kappa shape index (κ2) is 6.61. The Morgan fingerprint density at radius 1 is 1.35 bits per heavy atom. The molecule has 2 N–H and O–H groups in total. The Morgan fingerprint density at radius 2 is 1.85 bits per heavy atom. The average Bonchev–Trinajstić information content (AvgIpc) is 2.30. The van der Waals surface area contributed by atoms with Crippen molar-refractivity contribution in [3.63, 3.8) is 0 Å². The molecule has 0 aliphatic carbocycles.